The molecule has 38 heavy (non-hydrogen) atoms. The van der Waals surface area contributed by atoms with Gasteiger partial charge in [0.05, 0.1) is 27.6 Å². The molecule has 5 aromatic carbocycles. The Labute approximate surface area is 219 Å². The molecule has 0 fully saturated rings. The Morgan fingerprint density at radius 2 is 1.11 bits per heavy atom. The van der Waals surface area contributed by atoms with Gasteiger partial charge in [-0.25, -0.2) is 9.97 Å². The van der Waals surface area contributed by atoms with Gasteiger partial charge in [-0.2, -0.15) is 0 Å². The largest absolute Gasteiger partial charge is 0.292 e. The molecule has 0 spiro atoms. The minimum atomic E-state index is 0.944. The molecule has 0 amide bonds. The number of hydrogen-bond acceptors (Lipinski definition) is 2. The highest BCUT2D eigenvalue weighted by atomic mass is 15.1. The number of benzene rings is 5. The van der Waals surface area contributed by atoms with E-state index in [-0.39, 0.29) is 0 Å². The summed E-state index contributed by atoms with van der Waals surface area (Å²) in [6.07, 6.45) is 0. The molecule has 0 unspecified atom stereocenters. The average Bonchev–Trinajstić information content (AvgIpc) is 3.56. The number of fused-ring (bicyclic) bond motifs is 6. The van der Waals surface area contributed by atoms with Gasteiger partial charge >= 0.3 is 0 Å². The van der Waals surface area contributed by atoms with Gasteiger partial charge in [-0.15, -0.1) is 0 Å². The molecule has 0 radical (unpaired) electrons. The topological polar surface area (TPSA) is 35.1 Å². The molecule has 0 atom stereocenters. The van der Waals surface area contributed by atoms with E-state index in [0.29, 0.717) is 0 Å². The van der Waals surface area contributed by atoms with Crippen LogP contribution in [0.25, 0.3) is 66.8 Å². The number of nitrogens with zero attached hydrogens (tertiary/aromatic N) is 4. The quantitative estimate of drug-likeness (QED) is 0.252. The minimum Gasteiger partial charge on any atom is -0.292 e. The molecule has 0 aliphatic carbocycles. The van der Waals surface area contributed by atoms with Crippen LogP contribution in [0.1, 0.15) is 0 Å². The van der Waals surface area contributed by atoms with Crippen molar-refractivity contribution in [3.63, 3.8) is 0 Å². The summed E-state index contributed by atoms with van der Waals surface area (Å²) in [6.45, 7) is 0. The number of aromatic nitrogens is 4. The van der Waals surface area contributed by atoms with Gasteiger partial charge in [0.1, 0.15) is 11.5 Å². The first-order chi connectivity index (χ1) is 18.8. The molecule has 0 aliphatic rings. The van der Waals surface area contributed by atoms with E-state index in [1.807, 2.05) is 18.2 Å². The molecule has 178 valence electrons. The van der Waals surface area contributed by atoms with E-state index in [0.717, 1.165) is 50.3 Å². The second-order valence-corrected chi connectivity index (χ2v) is 9.57. The SMILES string of the molecule is c1ccc(-c2nc3ccccc3n2-c2ccc(-c3ccc4ccc5nc6ccccc6n5c4c3)cc2)cc1. The zero-order chi connectivity index (χ0) is 25.1. The fraction of sp³-hybridized carbons (Fsp3) is 0. The fourth-order valence-corrected chi connectivity index (χ4v) is 5.50. The first-order valence-corrected chi connectivity index (χ1v) is 12.8. The molecular weight excluding hydrogens is 464 g/mol. The lowest BCUT2D eigenvalue weighted by atomic mass is 10.0. The van der Waals surface area contributed by atoms with Crippen molar-refractivity contribution in [3.05, 3.63) is 133 Å². The highest BCUT2D eigenvalue weighted by Crippen LogP contribution is 2.31. The maximum Gasteiger partial charge on any atom is 0.145 e. The average molecular weight is 487 g/mol. The van der Waals surface area contributed by atoms with Gasteiger partial charge in [0, 0.05) is 11.3 Å². The predicted octanol–water partition coefficient (Wildman–Crippen LogP) is 8.31. The van der Waals surface area contributed by atoms with Crippen LogP contribution in [0, 0.1) is 0 Å². The molecule has 8 aromatic rings. The Morgan fingerprint density at radius 1 is 0.447 bits per heavy atom. The van der Waals surface area contributed by atoms with Crippen LogP contribution in [0.4, 0.5) is 0 Å². The van der Waals surface area contributed by atoms with E-state index in [2.05, 4.69) is 124 Å². The van der Waals surface area contributed by atoms with E-state index in [9.17, 15) is 0 Å². The molecule has 4 nitrogen and oxygen atoms in total. The van der Waals surface area contributed by atoms with Crippen LogP contribution in [0.15, 0.2) is 133 Å². The van der Waals surface area contributed by atoms with Crippen LogP contribution < -0.4 is 0 Å². The number of para-hydroxylation sites is 4. The lowest BCUT2D eigenvalue weighted by Gasteiger charge is -2.11. The van der Waals surface area contributed by atoms with Crippen molar-refractivity contribution in [1.29, 1.82) is 0 Å². The van der Waals surface area contributed by atoms with Crippen molar-refractivity contribution in [2.45, 2.75) is 0 Å². The third kappa shape index (κ3) is 3.17. The Kier molecular flexibility index (Phi) is 4.49. The molecule has 3 heterocycles. The van der Waals surface area contributed by atoms with E-state index in [4.69, 9.17) is 9.97 Å². The summed E-state index contributed by atoms with van der Waals surface area (Å²) in [6, 6.07) is 46.7. The molecule has 3 aromatic heterocycles. The Balaban J connectivity index is 1.27. The maximum absolute atomic E-state index is 4.98. The van der Waals surface area contributed by atoms with Crippen LogP contribution in [0.2, 0.25) is 0 Å². The number of imidazole rings is 2. The number of pyridine rings is 1. The minimum absolute atomic E-state index is 0.944. The van der Waals surface area contributed by atoms with Crippen molar-refractivity contribution in [3.8, 4) is 28.2 Å². The van der Waals surface area contributed by atoms with Crippen LogP contribution >= 0.6 is 0 Å². The summed E-state index contributed by atoms with van der Waals surface area (Å²) in [5.74, 6) is 0.944. The van der Waals surface area contributed by atoms with E-state index >= 15 is 0 Å². The number of hydrogen-bond donors (Lipinski definition) is 0. The standard InChI is InChI=1S/C34H22N4/c1-2-8-25(9-3-1)34-36-29-11-5-6-12-30(29)37(34)27-19-16-23(17-20-27)26-15-14-24-18-21-33-35-28-10-4-7-13-31(28)38(33)32(24)22-26/h1-22H. The molecule has 0 aliphatic heterocycles. The Morgan fingerprint density at radius 3 is 1.92 bits per heavy atom. The van der Waals surface area contributed by atoms with Gasteiger partial charge in [-0.05, 0) is 71.1 Å². The summed E-state index contributed by atoms with van der Waals surface area (Å²) in [5.41, 5.74) is 10.9. The Hall–Kier alpha value is -5.22. The molecule has 0 N–H and O–H groups in total. The van der Waals surface area contributed by atoms with Crippen LogP contribution in [0.3, 0.4) is 0 Å². The Bertz CT molecular complexity index is 2120. The summed E-state index contributed by atoms with van der Waals surface area (Å²) < 4.78 is 4.50. The van der Waals surface area contributed by atoms with Crippen molar-refractivity contribution in [2.24, 2.45) is 0 Å². The van der Waals surface area contributed by atoms with E-state index in [1.165, 1.54) is 16.5 Å². The third-order valence-corrected chi connectivity index (χ3v) is 7.32. The first kappa shape index (κ1) is 20.9. The van der Waals surface area contributed by atoms with E-state index < -0.39 is 0 Å². The molecule has 4 heteroatoms. The zero-order valence-corrected chi connectivity index (χ0v) is 20.5. The van der Waals surface area contributed by atoms with Crippen LogP contribution in [-0.2, 0) is 0 Å². The highest BCUT2D eigenvalue weighted by molar-refractivity contribution is 5.93. The maximum atomic E-state index is 4.98. The van der Waals surface area contributed by atoms with Crippen LogP contribution in [0.5, 0.6) is 0 Å². The molecule has 0 bridgehead atoms. The van der Waals surface area contributed by atoms with Gasteiger partial charge in [0.25, 0.3) is 0 Å². The van der Waals surface area contributed by atoms with E-state index in [1.54, 1.807) is 0 Å². The molecule has 0 saturated carbocycles. The molecule has 0 saturated heterocycles. The van der Waals surface area contributed by atoms with Gasteiger partial charge in [-0.1, -0.05) is 78.9 Å². The predicted molar refractivity (Wildman–Crippen MR) is 156 cm³/mol. The van der Waals surface area contributed by atoms with Crippen LogP contribution in [-0.4, -0.2) is 18.9 Å². The zero-order valence-electron chi connectivity index (χ0n) is 20.5. The highest BCUT2D eigenvalue weighted by Gasteiger charge is 2.14. The second-order valence-electron chi connectivity index (χ2n) is 9.57. The van der Waals surface area contributed by atoms with Crippen molar-refractivity contribution in [1.82, 2.24) is 18.9 Å². The van der Waals surface area contributed by atoms with Gasteiger partial charge in [0.15, 0.2) is 0 Å². The normalized spacial score (nSPS) is 11.7. The molecule has 8 rings (SSSR count). The van der Waals surface area contributed by atoms with Crippen molar-refractivity contribution >= 4 is 38.6 Å². The van der Waals surface area contributed by atoms with Crippen molar-refractivity contribution < 1.29 is 0 Å². The third-order valence-electron chi connectivity index (χ3n) is 7.32. The number of rotatable bonds is 3. The van der Waals surface area contributed by atoms with Gasteiger partial charge < -0.3 is 0 Å². The van der Waals surface area contributed by atoms with Gasteiger partial charge in [0.2, 0.25) is 0 Å². The smallest absolute Gasteiger partial charge is 0.145 e. The first-order valence-electron chi connectivity index (χ1n) is 12.8. The molecular formula is C34H22N4. The fourth-order valence-electron chi connectivity index (χ4n) is 5.50. The second kappa shape index (κ2) is 8.15. The summed E-state index contributed by atoms with van der Waals surface area (Å²) in [7, 11) is 0. The summed E-state index contributed by atoms with van der Waals surface area (Å²) in [5, 5.41) is 1.19. The monoisotopic (exact) mass is 486 g/mol. The lowest BCUT2D eigenvalue weighted by Crippen LogP contribution is -1.97. The van der Waals surface area contributed by atoms with Gasteiger partial charge in [-0.3, -0.25) is 8.97 Å². The summed E-state index contributed by atoms with van der Waals surface area (Å²) >= 11 is 0. The summed E-state index contributed by atoms with van der Waals surface area (Å²) in [4.78, 5) is 9.80. The van der Waals surface area contributed by atoms with Crippen molar-refractivity contribution in [2.75, 3.05) is 0 Å². The lowest BCUT2D eigenvalue weighted by molar-refractivity contribution is 1.10.